The van der Waals surface area contributed by atoms with Crippen molar-refractivity contribution in [1.82, 2.24) is 4.98 Å². The van der Waals surface area contributed by atoms with E-state index in [4.69, 9.17) is 17.3 Å². The van der Waals surface area contributed by atoms with Crippen LogP contribution in [0.2, 0.25) is 5.02 Å². The SMILES string of the molecule is N[C@H](CC(F)F)c1ccncc1Cl. The van der Waals surface area contributed by atoms with Gasteiger partial charge in [-0.15, -0.1) is 0 Å². The number of pyridine rings is 1. The summed E-state index contributed by atoms with van der Waals surface area (Å²) in [6.45, 7) is 0. The molecule has 1 atom stereocenters. The van der Waals surface area contributed by atoms with Crippen molar-refractivity contribution in [2.75, 3.05) is 0 Å². The molecule has 2 N–H and O–H groups in total. The Labute approximate surface area is 79.7 Å². The molecule has 0 aliphatic rings. The number of alkyl halides is 2. The largest absolute Gasteiger partial charge is 0.324 e. The molecule has 5 heteroatoms. The Morgan fingerprint density at radius 3 is 2.77 bits per heavy atom. The Hall–Kier alpha value is -0.740. The van der Waals surface area contributed by atoms with Gasteiger partial charge in [-0.1, -0.05) is 11.6 Å². The van der Waals surface area contributed by atoms with E-state index < -0.39 is 12.5 Å². The number of aromatic nitrogens is 1. The predicted molar refractivity (Wildman–Crippen MR) is 46.8 cm³/mol. The van der Waals surface area contributed by atoms with Crippen molar-refractivity contribution >= 4 is 11.6 Å². The lowest BCUT2D eigenvalue weighted by Crippen LogP contribution is -2.14. The molecule has 72 valence electrons. The number of nitrogens with two attached hydrogens (primary N) is 1. The van der Waals surface area contributed by atoms with Crippen molar-refractivity contribution in [2.24, 2.45) is 5.73 Å². The third-order valence-electron chi connectivity index (χ3n) is 1.64. The summed E-state index contributed by atoms with van der Waals surface area (Å²) in [5.41, 5.74) is 6.02. The van der Waals surface area contributed by atoms with Crippen LogP contribution in [0.15, 0.2) is 18.5 Å². The molecule has 13 heavy (non-hydrogen) atoms. The smallest absolute Gasteiger partial charge is 0.240 e. The maximum absolute atomic E-state index is 12.0. The van der Waals surface area contributed by atoms with Crippen molar-refractivity contribution < 1.29 is 8.78 Å². The maximum Gasteiger partial charge on any atom is 0.240 e. The monoisotopic (exact) mass is 206 g/mol. The second-order valence-electron chi connectivity index (χ2n) is 2.63. The van der Waals surface area contributed by atoms with Gasteiger partial charge in [0.15, 0.2) is 0 Å². The molecule has 0 aliphatic heterocycles. The van der Waals surface area contributed by atoms with Gasteiger partial charge in [0.1, 0.15) is 0 Å². The summed E-state index contributed by atoms with van der Waals surface area (Å²) in [7, 11) is 0. The van der Waals surface area contributed by atoms with Crippen molar-refractivity contribution in [3.8, 4) is 0 Å². The van der Waals surface area contributed by atoms with Crippen molar-refractivity contribution in [2.45, 2.75) is 18.9 Å². The number of nitrogens with zero attached hydrogens (tertiary/aromatic N) is 1. The van der Waals surface area contributed by atoms with Crippen molar-refractivity contribution in [3.05, 3.63) is 29.0 Å². The molecule has 0 saturated carbocycles. The lowest BCUT2D eigenvalue weighted by molar-refractivity contribution is 0.128. The molecule has 0 aromatic carbocycles. The maximum atomic E-state index is 12.0. The van der Waals surface area contributed by atoms with Gasteiger partial charge in [-0.2, -0.15) is 0 Å². The molecule has 0 bridgehead atoms. The van der Waals surface area contributed by atoms with Gasteiger partial charge in [-0.3, -0.25) is 4.98 Å². The molecule has 0 amide bonds. The second kappa shape index (κ2) is 4.48. The fourth-order valence-corrected chi connectivity index (χ4v) is 1.27. The Morgan fingerprint density at radius 2 is 2.23 bits per heavy atom. The molecule has 0 aliphatic carbocycles. The van der Waals surface area contributed by atoms with E-state index in [-0.39, 0.29) is 6.42 Å². The van der Waals surface area contributed by atoms with Crippen LogP contribution in [-0.2, 0) is 0 Å². The van der Waals surface area contributed by atoms with Gasteiger partial charge < -0.3 is 5.73 Å². The Balaban J connectivity index is 2.76. The van der Waals surface area contributed by atoms with Crippen LogP contribution in [0.5, 0.6) is 0 Å². The molecule has 1 rings (SSSR count). The molecule has 0 saturated heterocycles. The Morgan fingerprint density at radius 1 is 1.54 bits per heavy atom. The molecule has 0 fully saturated rings. The van der Waals surface area contributed by atoms with E-state index in [1.807, 2.05) is 0 Å². The van der Waals surface area contributed by atoms with Gasteiger partial charge >= 0.3 is 0 Å². The Bertz CT molecular complexity index is 281. The van der Waals surface area contributed by atoms with E-state index in [0.717, 1.165) is 0 Å². The standard InChI is InChI=1S/C8H9ClF2N2/c9-6-4-13-2-1-5(6)7(12)3-8(10)11/h1-2,4,7-8H,3,12H2/t7-/m1/s1. The summed E-state index contributed by atoms with van der Waals surface area (Å²) in [5, 5.41) is 0.329. The second-order valence-corrected chi connectivity index (χ2v) is 3.04. The summed E-state index contributed by atoms with van der Waals surface area (Å²) in [6, 6.07) is 0.825. The summed E-state index contributed by atoms with van der Waals surface area (Å²) in [6.07, 6.45) is 0.0672. The quantitative estimate of drug-likeness (QED) is 0.825. The average Bonchev–Trinajstić information content (AvgIpc) is 2.03. The van der Waals surface area contributed by atoms with Crippen molar-refractivity contribution in [1.29, 1.82) is 0 Å². The van der Waals surface area contributed by atoms with Gasteiger partial charge in [-0.05, 0) is 11.6 Å². The Kier molecular flexibility index (Phi) is 3.57. The van der Waals surface area contributed by atoms with Gasteiger partial charge in [0, 0.05) is 24.9 Å². The molecular formula is C8H9ClF2N2. The van der Waals surface area contributed by atoms with Gasteiger partial charge in [0.05, 0.1) is 5.02 Å². The lowest BCUT2D eigenvalue weighted by atomic mass is 10.1. The van der Waals surface area contributed by atoms with Crippen LogP contribution in [-0.4, -0.2) is 11.4 Å². The van der Waals surface area contributed by atoms with Gasteiger partial charge in [0.25, 0.3) is 0 Å². The zero-order valence-corrected chi connectivity index (χ0v) is 7.51. The molecule has 1 heterocycles. The van der Waals surface area contributed by atoms with E-state index in [9.17, 15) is 8.78 Å². The van der Waals surface area contributed by atoms with E-state index in [0.29, 0.717) is 10.6 Å². The van der Waals surface area contributed by atoms with Gasteiger partial charge in [0.2, 0.25) is 6.43 Å². The molecule has 1 aromatic rings. The first-order valence-electron chi connectivity index (χ1n) is 3.74. The number of hydrogen-bond donors (Lipinski definition) is 1. The third kappa shape index (κ3) is 2.90. The first-order chi connectivity index (χ1) is 6.11. The fourth-order valence-electron chi connectivity index (χ4n) is 1.01. The average molecular weight is 207 g/mol. The predicted octanol–water partition coefficient (Wildman–Crippen LogP) is 2.39. The minimum absolute atomic E-state index is 0.329. The lowest BCUT2D eigenvalue weighted by Gasteiger charge is -2.11. The van der Waals surface area contributed by atoms with Crippen molar-refractivity contribution in [3.63, 3.8) is 0 Å². The summed E-state index contributed by atoms with van der Waals surface area (Å²) in [4.78, 5) is 3.73. The number of rotatable bonds is 3. The summed E-state index contributed by atoms with van der Waals surface area (Å²) < 4.78 is 23.9. The zero-order valence-electron chi connectivity index (χ0n) is 6.75. The highest BCUT2D eigenvalue weighted by atomic mass is 35.5. The number of halogens is 3. The first kappa shape index (κ1) is 10.3. The zero-order chi connectivity index (χ0) is 9.84. The topological polar surface area (TPSA) is 38.9 Å². The molecular weight excluding hydrogens is 198 g/mol. The van der Waals surface area contributed by atoms with Crippen LogP contribution in [0.25, 0.3) is 0 Å². The highest BCUT2D eigenvalue weighted by Crippen LogP contribution is 2.24. The fraction of sp³-hybridized carbons (Fsp3) is 0.375. The van der Waals surface area contributed by atoms with Crippen LogP contribution in [0.1, 0.15) is 18.0 Å². The van der Waals surface area contributed by atoms with Crippen LogP contribution in [0.4, 0.5) is 8.78 Å². The molecule has 0 unspecified atom stereocenters. The van der Waals surface area contributed by atoms with Crippen LogP contribution in [0.3, 0.4) is 0 Å². The van der Waals surface area contributed by atoms with Crippen LogP contribution < -0.4 is 5.73 Å². The van der Waals surface area contributed by atoms with Gasteiger partial charge in [-0.25, -0.2) is 8.78 Å². The third-order valence-corrected chi connectivity index (χ3v) is 1.95. The van der Waals surface area contributed by atoms with Crippen LogP contribution >= 0.6 is 11.6 Å². The molecule has 0 radical (unpaired) electrons. The molecule has 2 nitrogen and oxygen atoms in total. The minimum atomic E-state index is -2.42. The van der Waals surface area contributed by atoms with E-state index in [2.05, 4.69) is 4.98 Å². The number of hydrogen-bond acceptors (Lipinski definition) is 2. The first-order valence-corrected chi connectivity index (χ1v) is 4.12. The van der Waals surface area contributed by atoms with E-state index >= 15 is 0 Å². The normalized spacial score (nSPS) is 13.3. The highest BCUT2D eigenvalue weighted by molar-refractivity contribution is 6.31. The highest BCUT2D eigenvalue weighted by Gasteiger charge is 2.14. The molecule has 1 aromatic heterocycles. The summed E-state index contributed by atoms with van der Waals surface area (Å²) >= 11 is 5.72. The summed E-state index contributed by atoms with van der Waals surface area (Å²) in [5.74, 6) is 0. The van der Waals surface area contributed by atoms with Crippen LogP contribution in [0, 0.1) is 0 Å². The van der Waals surface area contributed by atoms with E-state index in [1.54, 1.807) is 6.07 Å². The molecule has 0 spiro atoms. The minimum Gasteiger partial charge on any atom is -0.324 e. The van der Waals surface area contributed by atoms with E-state index in [1.165, 1.54) is 12.4 Å².